The number of aromatic nitrogens is 5. The van der Waals surface area contributed by atoms with E-state index in [2.05, 4.69) is 9.97 Å². The van der Waals surface area contributed by atoms with Gasteiger partial charge in [-0.15, -0.1) is 0 Å². The molecule has 0 bridgehead atoms. The van der Waals surface area contributed by atoms with E-state index in [4.69, 9.17) is 5.73 Å². The van der Waals surface area contributed by atoms with Gasteiger partial charge in [-0.05, 0) is 25.0 Å². The molecule has 4 atom stereocenters. The van der Waals surface area contributed by atoms with E-state index in [1.165, 1.54) is 34.5 Å². The van der Waals surface area contributed by atoms with Gasteiger partial charge in [-0.3, -0.25) is 18.7 Å². The maximum Gasteiger partial charge on any atom is 0.332 e. The molecule has 4 aromatic rings. The molecule has 0 aliphatic carbocycles. The molecule has 1 aliphatic rings. The average Bonchev–Trinajstić information content (AvgIpc) is 3.44. The number of amides is 1. The Morgan fingerprint density at radius 1 is 1.24 bits per heavy atom. The minimum atomic E-state index is -1.50. The van der Waals surface area contributed by atoms with Gasteiger partial charge in [0.15, 0.2) is 11.2 Å². The lowest BCUT2D eigenvalue weighted by Crippen LogP contribution is -2.49. The number of β-amino-alcohol motifs (C(OH)–C–C–N with tert-alkyl or cyclic N) is 1. The van der Waals surface area contributed by atoms with Crippen molar-refractivity contribution in [3.8, 4) is 0 Å². The fourth-order valence-corrected chi connectivity index (χ4v) is 5.44. The summed E-state index contributed by atoms with van der Waals surface area (Å²) in [5.74, 6) is -0.378. The van der Waals surface area contributed by atoms with E-state index in [-0.39, 0.29) is 43.0 Å². The number of aromatic amines is 1. The van der Waals surface area contributed by atoms with Crippen LogP contribution in [0.15, 0.2) is 46.4 Å². The van der Waals surface area contributed by atoms with Gasteiger partial charge in [0.25, 0.3) is 5.56 Å². The highest BCUT2D eigenvalue weighted by molar-refractivity contribution is 5.86. The Bertz CT molecular complexity index is 1610. The molecule has 12 heteroatoms. The van der Waals surface area contributed by atoms with Crippen LogP contribution in [0.2, 0.25) is 0 Å². The summed E-state index contributed by atoms with van der Waals surface area (Å²) in [6.07, 6.45) is 2.46. The molecular weight excluding hydrogens is 478 g/mol. The van der Waals surface area contributed by atoms with Crippen molar-refractivity contribution in [3.05, 3.63) is 63.2 Å². The van der Waals surface area contributed by atoms with Crippen molar-refractivity contribution < 1.29 is 15.0 Å². The van der Waals surface area contributed by atoms with E-state index in [1.54, 1.807) is 6.92 Å². The topological polar surface area (TPSA) is 164 Å². The number of aliphatic hydroxyl groups is 2. The molecule has 5 N–H and O–H groups in total. The van der Waals surface area contributed by atoms with Crippen molar-refractivity contribution in [3.63, 3.8) is 0 Å². The number of carbonyl (C=O) groups excluding carboxylic acids is 1. The first-order chi connectivity index (χ1) is 17.5. The standard InChI is InChI=1S/C25H31N7O5/c1-25(37)9-15(33)11-31(22(34)17(26)8-14-10-27-18-7-5-4-6-16(14)18)12-19(25)32-13-28-21-20(32)23(35)30(3)24(36)29(21)2/h4-7,10,13,15,17,19,27,33,37H,8-9,11-12,26H2,1-3H3/t15-,17-,19+,25+/m0/s1. The number of hydrogen-bond acceptors (Lipinski definition) is 7. The molecule has 1 fully saturated rings. The van der Waals surface area contributed by atoms with Crippen molar-refractivity contribution in [1.29, 1.82) is 0 Å². The third-order valence-corrected chi connectivity index (χ3v) is 7.44. The summed E-state index contributed by atoms with van der Waals surface area (Å²) in [5.41, 5.74) is 5.93. The van der Waals surface area contributed by atoms with Crippen molar-refractivity contribution in [2.24, 2.45) is 19.8 Å². The second-order valence-corrected chi connectivity index (χ2v) is 10.2. The predicted molar refractivity (Wildman–Crippen MR) is 137 cm³/mol. The number of likely N-dealkylation sites (tertiary alicyclic amines) is 1. The molecule has 1 amide bonds. The molecule has 1 aliphatic heterocycles. The van der Waals surface area contributed by atoms with E-state index < -0.39 is 35.0 Å². The maximum absolute atomic E-state index is 13.5. The smallest absolute Gasteiger partial charge is 0.332 e. The summed E-state index contributed by atoms with van der Waals surface area (Å²) in [6.45, 7) is 1.52. The highest BCUT2D eigenvalue weighted by atomic mass is 16.3. The normalized spacial score (nSPS) is 23.5. The Balaban J connectivity index is 1.50. The van der Waals surface area contributed by atoms with E-state index in [0.29, 0.717) is 0 Å². The highest BCUT2D eigenvalue weighted by Gasteiger charge is 2.43. The zero-order chi connectivity index (χ0) is 26.6. The highest BCUT2D eigenvalue weighted by Crippen LogP contribution is 2.33. The number of imidazole rings is 1. The zero-order valence-electron chi connectivity index (χ0n) is 21.0. The van der Waals surface area contributed by atoms with Crippen LogP contribution in [0.4, 0.5) is 0 Å². The first kappa shape index (κ1) is 24.9. The summed E-state index contributed by atoms with van der Waals surface area (Å²) in [4.78, 5) is 47.8. The maximum atomic E-state index is 13.5. The number of benzene rings is 1. The van der Waals surface area contributed by atoms with Crippen LogP contribution in [0.25, 0.3) is 22.1 Å². The Hall–Kier alpha value is -3.74. The molecule has 37 heavy (non-hydrogen) atoms. The molecular formula is C25H31N7O5. The third-order valence-electron chi connectivity index (χ3n) is 7.44. The van der Waals surface area contributed by atoms with Crippen LogP contribution >= 0.6 is 0 Å². The minimum Gasteiger partial charge on any atom is -0.391 e. The molecule has 196 valence electrons. The SMILES string of the molecule is Cn1c(=O)c2c(ncn2[C@@H]2CN(C(=O)[C@@H](N)Cc3c[nH]c4ccccc34)C[C@@H](O)C[C@@]2(C)O)n(C)c1=O. The van der Waals surface area contributed by atoms with Gasteiger partial charge in [-0.25, -0.2) is 9.78 Å². The molecule has 0 spiro atoms. The number of para-hydroxylation sites is 1. The Morgan fingerprint density at radius 2 is 1.97 bits per heavy atom. The number of aryl methyl sites for hydroxylation is 1. The second kappa shape index (κ2) is 8.98. The summed E-state index contributed by atoms with van der Waals surface area (Å²) in [5, 5.41) is 23.1. The van der Waals surface area contributed by atoms with Crippen molar-refractivity contribution >= 4 is 28.0 Å². The van der Waals surface area contributed by atoms with E-state index in [9.17, 15) is 24.6 Å². The van der Waals surface area contributed by atoms with E-state index in [1.807, 2.05) is 30.5 Å². The number of nitrogens with one attached hydrogen (secondary N) is 1. The van der Waals surface area contributed by atoms with Gasteiger partial charge in [0.1, 0.15) is 0 Å². The first-order valence-corrected chi connectivity index (χ1v) is 12.1. The second-order valence-electron chi connectivity index (χ2n) is 10.2. The van der Waals surface area contributed by atoms with Crippen LogP contribution in [0, 0.1) is 0 Å². The van der Waals surface area contributed by atoms with Gasteiger partial charge in [-0.2, -0.15) is 0 Å². The van der Waals surface area contributed by atoms with Gasteiger partial charge in [0.05, 0.1) is 30.1 Å². The monoisotopic (exact) mass is 509 g/mol. The van der Waals surface area contributed by atoms with Gasteiger partial charge in [0.2, 0.25) is 5.91 Å². The molecule has 5 rings (SSSR count). The van der Waals surface area contributed by atoms with Gasteiger partial charge < -0.3 is 30.4 Å². The lowest BCUT2D eigenvalue weighted by molar-refractivity contribution is -0.134. The first-order valence-electron chi connectivity index (χ1n) is 12.1. The molecule has 4 heterocycles. The minimum absolute atomic E-state index is 0.0120. The predicted octanol–water partition coefficient (Wildman–Crippen LogP) is -0.630. The Labute approximate surface area is 211 Å². The largest absolute Gasteiger partial charge is 0.391 e. The Morgan fingerprint density at radius 3 is 2.73 bits per heavy atom. The number of fused-ring (bicyclic) bond motifs is 2. The molecule has 0 saturated carbocycles. The number of rotatable bonds is 4. The van der Waals surface area contributed by atoms with Gasteiger partial charge >= 0.3 is 5.69 Å². The van der Waals surface area contributed by atoms with Crippen LogP contribution in [-0.4, -0.2) is 75.5 Å². The Kier molecular flexibility index (Phi) is 6.05. The van der Waals surface area contributed by atoms with Crippen LogP contribution in [0.5, 0.6) is 0 Å². The van der Waals surface area contributed by atoms with E-state index >= 15 is 0 Å². The summed E-state index contributed by atoms with van der Waals surface area (Å²) in [7, 11) is 2.88. The number of hydrogen-bond donors (Lipinski definition) is 4. The summed E-state index contributed by atoms with van der Waals surface area (Å²) < 4.78 is 3.73. The third kappa shape index (κ3) is 4.16. The number of nitrogens with zero attached hydrogens (tertiary/aromatic N) is 5. The number of carbonyl (C=O) groups is 1. The lowest BCUT2D eigenvalue weighted by atomic mass is 9.91. The average molecular weight is 510 g/mol. The number of aliphatic hydroxyl groups excluding tert-OH is 1. The molecule has 1 saturated heterocycles. The molecule has 1 aromatic carbocycles. The van der Waals surface area contributed by atoms with Crippen LogP contribution in [0.3, 0.4) is 0 Å². The fraction of sp³-hybridized carbons (Fsp3) is 0.440. The molecule has 12 nitrogen and oxygen atoms in total. The quantitative estimate of drug-likeness (QED) is 0.284. The summed E-state index contributed by atoms with van der Waals surface area (Å²) in [6, 6.07) is 6.02. The van der Waals surface area contributed by atoms with Crippen LogP contribution in [0.1, 0.15) is 24.9 Å². The molecule has 3 aromatic heterocycles. The van der Waals surface area contributed by atoms with Gasteiger partial charge in [0, 0.05) is 50.7 Å². The van der Waals surface area contributed by atoms with E-state index in [0.717, 1.165) is 21.0 Å². The van der Waals surface area contributed by atoms with Crippen LogP contribution < -0.4 is 17.0 Å². The van der Waals surface area contributed by atoms with Crippen molar-refractivity contribution in [1.82, 2.24) is 28.6 Å². The molecule has 0 unspecified atom stereocenters. The van der Waals surface area contributed by atoms with Crippen molar-refractivity contribution in [2.75, 3.05) is 13.1 Å². The lowest BCUT2D eigenvalue weighted by Gasteiger charge is -2.34. The number of nitrogens with two attached hydrogens (primary N) is 1. The van der Waals surface area contributed by atoms with Crippen LogP contribution in [-0.2, 0) is 25.3 Å². The zero-order valence-corrected chi connectivity index (χ0v) is 21.0. The molecule has 0 radical (unpaired) electrons. The fourth-order valence-electron chi connectivity index (χ4n) is 5.44. The van der Waals surface area contributed by atoms with Crippen molar-refractivity contribution in [2.45, 2.75) is 43.6 Å². The summed E-state index contributed by atoms with van der Waals surface area (Å²) >= 11 is 0. The van der Waals surface area contributed by atoms with Gasteiger partial charge in [-0.1, -0.05) is 18.2 Å². The number of H-pyrrole nitrogens is 1.